The van der Waals surface area contributed by atoms with Gasteiger partial charge >= 0.3 is 0 Å². The van der Waals surface area contributed by atoms with Gasteiger partial charge in [-0.1, -0.05) is 13.8 Å². The summed E-state index contributed by atoms with van der Waals surface area (Å²) in [5.74, 6) is 0. The first-order valence-corrected chi connectivity index (χ1v) is 5.04. The molecule has 0 spiro atoms. The highest BCUT2D eigenvalue weighted by molar-refractivity contribution is 5.36. The second-order valence-corrected chi connectivity index (χ2v) is 5.14. The van der Waals surface area contributed by atoms with E-state index in [4.69, 9.17) is 0 Å². The Bertz CT molecular complexity index is 367. The van der Waals surface area contributed by atoms with Gasteiger partial charge in [0.2, 0.25) is 0 Å². The van der Waals surface area contributed by atoms with Crippen molar-refractivity contribution in [2.24, 2.45) is 12.5 Å². The van der Waals surface area contributed by atoms with Crippen LogP contribution in [0.5, 0.6) is 0 Å². The second-order valence-electron chi connectivity index (χ2n) is 5.14. The number of hydrogen-bond donors (Lipinski definition) is 1. The van der Waals surface area contributed by atoms with E-state index in [0.29, 0.717) is 0 Å². The minimum Gasteiger partial charge on any atom is -0.395 e. The van der Waals surface area contributed by atoms with E-state index in [1.165, 1.54) is 5.56 Å². The summed E-state index contributed by atoms with van der Waals surface area (Å²) in [4.78, 5) is 0. The summed E-state index contributed by atoms with van der Waals surface area (Å²) >= 11 is 0. The largest absolute Gasteiger partial charge is 0.395 e. The summed E-state index contributed by atoms with van der Waals surface area (Å²) in [7, 11) is 1.93. The third-order valence-electron chi connectivity index (χ3n) is 3.65. The van der Waals surface area contributed by atoms with Gasteiger partial charge in [-0.25, -0.2) is 0 Å². The Labute approximate surface area is 84.7 Å². The van der Waals surface area contributed by atoms with E-state index in [1.807, 2.05) is 17.9 Å². The van der Waals surface area contributed by atoms with Crippen LogP contribution in [0.15, 0.2) is 6.20 Å². The molecule has 0 amide bonds. The Morgan fingerprint density at radius 1 is 1.57 bits per heavy atom. The van der Waals surface area contributed by atoms with Crippen LogP contribution in [0.25, 0.3) is 0 Å². The quantitative estimate of drug-likeness (QED) is 0.772. The highest BCUT2D eigenvalue weighted by Gasteiger charge is 2.63. The Morgan fingerprint density at radius 2 is 2.14 bits per heavy atom. The molecule has 14 heavy (non-hydrogen) atoms. The molecule has 2 rings (SSSR count). The van der Waals surface area contributed by atoms with Crippen LogP contribution < -0.4 is 0 Å². The fraction of sp³-hybridized carbons (Fsp3) is 0.727. The monoisotopic (exact) mass is 194 g/mol. The molecule has 3 nitrogen and oxygen atoms in total. The lowest BCUT2D eigenvalue weighted by Crippen LogP contribution is -2.21. The van der Waals surface area contributed by atoms with Crippen molar-refractivity contribution in [2.75, 3.05) is 6.61 Å². The number of aliphatic hydroxyl groups excluding tert-OH is 1. The first-order valence-electron chi connectivity index (χ1n) is 5.04. The molecular formula is C11H18N2O. The molecule has 3 heteroatoms. The molecule has 1 atom stereocenters. The molecule has 0 saturated heterocycles. The zero-order chi connectivity index (χ0) is 10.6. The van der Waals surface area contributed by atoms with Crippen LogP contribution in [0.4, 0.5) is 0 Å². The maximum Gasteiger partial charge on any atom is 0.0743 e. The van der Waals surface area contributed by atoms with Gasteiger partial charge in [0.05, 0.1) is 12.3 Å². The standard InChI is InChI=1S/C11H18N2O/c1-8-5-13(4)12-9(8)11(7-14)6-10(11,2)3/h5,14H,6-7H2,1-4H3. The zero-order valence-corrected chi connectivity index (χ0v) is 9.33. The zero-order valence-electron chi connectivity index (χ0n) is 9.33. The maximum atomic E-state index is 9.53. The molecule has 1 aliphatic carbocycles. The highest BCUT2D eigenvalue weighted by atomic mass is 16.3. The topological polar surface area (TPSA) is 38.0 Å². The average molecular weight is 194 g/mol. The minimum atomic E-state index is -0.0850. The van der Waals surface area contributed by atoms with Crippen molar-refractivity contribution in [3.63, 3.8) is 0 Å². The Kier molecular flexibility index (Phi) is 1.80. The summed E-state index contributed by atoms with van der Waals surface area (Å²) in [6.07, 6.45) is 3.05. The normalized spacial score (nSPS) is 29.2. The molecule has 1 heterocycles. The molecule has 1 N–H and O–H groups in total. The van der Waals surface area contributed by atoms with Crippen molar-refractivity contribution in [2.45, 2.75) is 32.6 Å². The smallest absolute Gasteiger partial charge is 0.0743 e. The number of aryl methyl sites for hydroxylation is 2. The van der Waals surface area contributed by atoms with Crippen LogP contribution in [0.2, 0.25) is 0 Å². The minimum absolute atomic E-state index is 0.0850. The lowest BCUT2D eigenvalue weighted by atomic mass is 9.91. The van der Waals surface area contributed by atoms with Gasteiger partial charge in [0, 0.05) is 18.7 Å². The number of rotatable bonds is 2. The Balaban J connectivity index is 2.45. The summed E-state index contributed by atoms with van der Waals surface area (Å²) in [5.41, 5.74) is 2.37. The van der Waals surface area contributed by atoms with Crippen molar-refractivity contribution in [3.8, 4) is 0 Å². The van der Waals surface area contributed by atoms with Gasteiger partial charge in [-0.2, -0.15) is 5.10 Å². The van der Waals surface area contributed by atoms with Gasteiger partial charge < -0.3 is 5.11 Å². The number of nitrogens with zero attached hydrogens (tertiary/aromatic N) is 2. The van der Waals surface area contributed by atoms with Crippen LogP contribution in [0, 0.1) is 12.3 Å². The molecule has 0 aliphatic heterocycles. The van der Waals surface area contributed by atoms with E-state index in [2.05, 4.69) is 25.9 Å². The molecule has 1 aliphatic rings. The van der Waals surface area contributed by atoms with E-state index in [0.717, 1.165) is 12.1 Å². The molecule has 0 radical (unpaired) electrons. The summed E-state index contributed by atoms with van der Waals surface area (Å²) in [6, 6.07) is 0. The SMILES string of the molecule is Cc1cn(C)nc1C1(CO)CC1(C)C. The molecule has 1 aromatic rings. The van der Waals surface area contributed by atoms with E-state index < -0.39 is 0 Å². The van der Waals surface area contributed by atoms with Crippen LogP contribution in [-0.2, 0) is 12.5 Å². The lowest BCUT2D eigenvalue weighted by Gasteiger charge is -2.16. The molecule has 1 saturated carbocycles. The molecule has 78 valence electrons. The van der Waals surface area contributed by atoms with Crippen molar-refractivity contribution >= 4 is 0 Å². The van der Waals surface area contributed by atoms with E-state index in [9.17, 15) is 5.11 Å². The summed E-state index contributed by atoms with van der Waals surface area (Å²) < 4.78 is 1.83. The van der Waals surface area contributed by atoms with E-state index >= 15 is 0 Å². The predicted octanol–water partition coefficient (Wildman–Crippen LogP) is 1.39. The van der Waals surface area contributed by atoms with E-state index in [-0.39, 0.29) is 17.4 Å². The molecule has 0 bridgehead atoms. The van der Waals surface area contributed by atoms with Gasteiger partial charge in [-0.3, -0.25) is 4.68 Å². The average Bonchev–Trinajstić information content (AvgIpc) is 2.48. The van der Waals surface area contributed by atoms with Gasteiger partial charge in [0.25, 0.3) is 0 Å². The van der Waals surface area contributed by atoms with Gasteiger partial charge in [-0.05, 0) is 24.3 Å². The summed E-state index contributed by atoms with van der Waals surface area (Å²) in [6.45, 7) is 6.65. The fourth-order valence-corrected chi connectivity index (χ4v) is 2.54. The van der Waals surface area contributed by atoms with E-state index in [1.54, 1.807) is 0 Å². The van der Waals surface area contributed by atoms with Crippen molar-refractivity contribution in [1.82, 2.24) is 9.78 Å². The van der Waals surface area contributed by atoms with Crippen LogP contribution in [0.3, 0.4) is 0 Å². The number of aliphatic hydroxyl groups is 1. The summed E-state index contributed by atoms with van der Waals surface area (Å²) in [5, 5.41) is 14.0. The van der Waals surface area contributed by atoms with Crippen molar-refractivity contribution < 1.29 is 5.11 Å². The first kappa shape index (κ1) is 9.71. The van der Waals surface area contributed by atoms with Gasteiger partial charge in [0.1, 0.15) is 0 Å². The Hall–Kier alpha value is -0.830. The van der Waals surface area contributed by atoms with Crippen molar-refractivity contribution in [1.29, 1.82) is 0 Å². The highest BCUT2D eigenvalue weighted by Crippen LogP contribution is 2.63. The van der Waals surface area contributed by atoms with Crippen LogP contribution in [0.1, 0.15) is 31.5 Å². The van der Waals surface area contributed by atoms with Crippen LogP contribution in [-0.4, -0.2) is 21.5 Å². The molecule has 1 aromatic heterocycles. The van der Waals surface area contributed by atoms with Crippen LogP contribution >= 0.6 is 0 Å². The second kappa shape index (κ2) is 2.60. The van der Waals surface area contributed by atoms with Gasteiger partial charge in [-0.15, -0.1) is 0 Å². The molecule has 1 fully saturated rings. The van der Waals surface area contributed by atoms with Crippen molar-refractivity contribution in [3.05, 3.63) is 17.5 Å². The molecular weight excluding hydrogens is 176 g/mol. The molecule has 0 aromatic carbocycles. The number of aromatic nitrogens is 2. The molecule has 1 unspecified atom stereocenters. The third-order valence-corrected chi connectivity index (χ3v) is 3.65. The van der Waals surface area contributed by atoms with Gasteiger partial charge in [0.15, 0.2) is 0 Å². The fourth-order valence-electron chi connectivity index (χ4n) is 2.54. The number of hydrogen-bond acceptors (Lipinski definition) is 2. The predicted molar refractivity (Wildman–Crippen MR) is 55.1 cm³/mol. The maximum absolute atomic E-state index is 9.53. The first-order chi connectivity index (χ1) is 6.43. The third kappa shape index (κ3) is 1.05. The lowest BCUT2D eigenvalue weighted by molar-refractivity contribution is 0.227. The Morgan fingerprint density at radius 3 is 2.43 bits per heavy atom.